The van der Waals surface area contributed by atoms with E-state index in [2.05, 4.69) is 25.2 Å². The molecular weight excluding hydrogens is 354 g/mol. The Morgan fingerprint density at radius 1 is 1.21 bits per heavy atom. The van der Waals surface area contributed by atoms with Gasteiger partial charge in [-0.25, -0.2) is 9.97 Å². The second-order valence-corrected chi connectivity index (χ2v) is 6.82. The number of fused-ring (bicyclic) bond motifs is 1. The Bertz CT molecular complexity index is 960. The molecule has 2 aromatic heterocycles. The Morgan fingerprint density at radius 3 is 2.86 bits per heavy atom. The third kappa shape index (κ3) is 4.03. The number of carbonyl (C=O) groups is 1. The molecule has 28 heavy (non-hydrogen) atoms. The molecule has 1 aliphatic heterocycles. The van der Waals surface area contributed by atoms with Crippen LogP contribution in [0.15, 0.2) is 48.9 Å². The third-order valence-corrected chi connectivity index (χ3v) is 4.90. The summed E-state index contributed by atoms with van der Waals surface area (Å²) >= 11 is 0. The SMILES string of the molecule is CCOc1ccc(NC(=O)C2CCCN(c3cnc4nccnc4c3)C2)cc1. The zero-order valence-electron chi connectivity index (χ0n) is 15.8. The number of benzene rings is 1. The number of carbonyl (C=O) groups excluding carboxylic acids is 1. The Labute approximate surface area is 163 Å². The third-order valence-electron chi connectivity index (χ3n) is 4.90. The van der Waals surface area contributed by atoms with Gasteiger partial charge < -0.3 is 15.0 Å². The molecule has 1 unspecified atom stereocenters. The Hall–Kier alpha value is -3.22. The number of amides is 1. The van der Waals surface area contributed by atoms with E-state index in [1.54, 1.807) is 12.4 Å². The lowest BCUT2D eigenvalue weighted by atomic mass is 9.96. The van der Waals surface area contributed by atoms with Crippen LogP contribution < -0.4 is 15.0 Å². The van der Waals surface area contributed by atoms with Gasteiger partial charge in [-0.05, 0) is 50.1 Å². The first kappa shape index (κ1) is 18.2. The molecule has 0 radical (unpaired) electrons. The molecule has 1 fully saturated rings. The smallest absolute Gasteiger partial charge is 0.229 e. The van der Waals surface area contributed by atoms with Gasteiger partial charge in [0.1, 0.15) is 11.3 Å². The Morgan fingerprint density at radius 2 is 2.04 bits per heavy atom. The maximum atomic E-state index is 12.8. The summed E-state index contributed by atoms with van der Waals surface area (Å²) in [7, 11) is 0. The zero-order valence-corrected chi connectivity index (χ0v) is 15.8. The van der Waals surface area contributed by atoms with Crippen LogP contribution in [0.25, 0.3) is 11.2 Å². The Kier molecular flexibility index (Phi) is 5.32. The summed E-state index contributed by atoms with van der Waals surface area (Å²) < 4.78 is 5.44. The number of nitrogens with zero attached hydrogens (tertiary/aromatic N) is 4. The van der Waals surface area contributed by atoms with Crippen molar-refractivity contribution in [2.75, 3.05) is 29.9 Å². The summed E-state index contributed by atoms with van der Waals surface area (Å²) in [5, 5.41) is 3.02. The summed E-state index contributed by atoms with van der Waals surface area (Å²) in [5.74, 6) is 0.775. The first-order chi connectivity index (χ1) is 13.7. The van der Waals surface area contributed by atoms with E-state index in [9.17, 15) is 4.79 Å². The van der Waals surface area contributed by atoms with Gasteiger partial charge in [0.05, 0.1) is 24.4 Å². The van der Waals surface area contributed by atoms with E-state index >= 15 is 0 Å². The normalized spacial score (nSPS) is 16.8. The summed E-state index contributed by atoms with van der Waals surface area (Å²) in [4.78, 5) is 27.9. The van der Waals surface area contributed by atoms with Gasteiger partial charge in [0.2, 0.25) is 5.91 Å². The molecule has 1 saturated heterocycles. The number of aromatic nitrogens is 3. The minimum atomic E-state index is -0.0714. The number of rotatable bonds is 5. The molecular formula is C21H23N5O2. The van der Waals surface area contributed by atoms with Gasteiger partial charge in [0.25, 0.3) is 0 Å². The summed E-state index contributed by atoms with van der Waals surface area (Å²) in [6, 6.07) is 9.47. The average Bonchev–Trinajstić information content (AvgIpc) is 2.75. The highest BCUT2D eigenvalue weighted by Crippen LogP contribution is 2.25. The number of anilines is 2. The highest BCUT2D eigenvalue weighted by atomic mass is 16.5. The van der Waals surface area contributed by atoms with Gasteiger partial charge in [-0.2, -0.15) is 0 Å². The molecule has 1 atom stereocenters. The largest absolute Gasteiger partial charge is 0.494 e. The van der Waals surface area contributed by atoms with E-state index in [4.69, 9.17) is 4.74 Å². The zero-order chi connectivity index (χ0) is 19.3. The summed E-state index contributed by atoms with van der Waals surface area (Å²) in [5.41, 5.74) is 3.16. The number of pyridine rings is 1. The van der Waals surface area contributed by atoms with E-state index in [-0.39, 0.29) is 11.8 Å². The molecule has 7 nitrogen and oxygen atoms in total. The fraction of sp³-hybridized carbons (Fsp3) is 0.333. The van der Waals surface area contributed by atoms with Gasteiger partial charge in [0.15, 0.2) is 5.65 Å². The van der Waals surface area contributed by atoms with Gasteiger partial charge in [0, 0.05) is 31.2 Å². The van der Waals surface area contributed by atoms with E-state index < -0.39 is 0 Å². The van der Waals surface area contributed by atoms with Gasteiger partial charge in [-0.15, -0.1) is 0 Å². The molecule has 1 N–H and O–H groups in total. The molecule has 0 saturated carbocycles. The van der Waals surface area contributed by atoms with Gasteiger partial charge in [-0.3, -0.25) is 9.78 Å². The van der Waals surface area contributed by atoms with Crippen molar-refractivity contribution in [1.29, 1.82) is 0 Å². The van der Waals surface area contributed by atoms with E-state index in [0.29, 0.717) is 18.8 Å². The molecule has 0 aliphatic carbocycles. The van der Waals surface area contributed by atoms with Crippen molar-refractivity contribution in [2.24, 2.45) is 5.92 Å². The maximum Gasteiger partial charge on any atom is 0.229 e. The van der Waals surface area contributed by atoms with Crippen LogP contribution in [-0.2, 0) is 4.79 Å². The van der Waals surface area contributed by atoms with E-state index in [1.807, 2.05) is 43.5 Å². The monoisotopic (exact) mass is 377 g/mol. The van der Waals surface area contributed by atoms with Crippen LogP contribution in [0, 0.1) is 5.92 Å². The van der Waals surface area contributed by atoms with Crippen molar-refractivity contribution >= 4 is 28.4 Å². The molecule has 1 aliphatic rings. The van der Waals surface area contributed by atoms with Crippen molar-refractivity contribution in [2.45, 2.75) is 19.8 Å². The topological polar surface area (TPSA) is 80.2 Å². The lowest BCUT2D eigenvalue weighted by Gasteiger charge is -2.33. The predicted molar refractivity (Wildman–Crippen MR) is 109 cm³/mol. The second kappa shape index (κ2) is 8.21. The van der Waals surface area contributed by atoms with Crippen LogP contribution in [0.2, 0.25) is 0 Å². The van der Waals surface area contributed by atoms with Crippen LogP contribution >= 0.6 is 0 Å². The number of hydrogen-bond donors (Lipinski definition) is 1. The fourth-order valence-electron chi connectivity index (χ4n) is 3.49. The lowest BCUT2D eigenvalue weighted by molar-refractivity contribution is -0.120. The maximum absolute atomic E-state index is 12.8. The quantitative estimate of drug-likeness (QED) is 0.735. The van der Waals surface area contributed by atoms with Crippen LogP contribution in [-0.4, -0.2) is 40.6 Å². The first-order valence-corrected chi connectivity index (χ1v) is 9.58. The number of ether oxygens (including phenoxy) is 1. The molecule has 4 rings (SSSR count). The standard InChI is InChI=1S/C21H23N5O2/c1-2-28-18-7-5-16(6-8-18)25-21(27)15-4-3-11-26(14-15)17-12-19-20(24-13-17)23-10-9-22-19/h5-10,12-13,15H,2-4,11,14H2,1H3,(H,25,27). The highest BCUT2D eigenvalue weighted by Gasteiger charge is 2.26. The first-order valence-electron chi connectivity index (χ1n) is 9.58. The van der Waals surface area contributed by atoms with Crippen molar-refractivity contribution in [3.8, 4) is 5.75 Å². The van der Waals surface area contributed by atoms with Gasteiger partial charge in [-0.1, -0.05) is 0 Å². The molecule has 3 aromatic rings. The van der Waals surface area contributed by atoms with Gasteiger partial charge >= 0.3 is 0 Å². The van der Waals surface area contributed by atoms with Crippen molar-refractivity contribution in [3.63, 3.8) is 0 Å². The minimum absolute atomic E-state index is 0.0439. The molecule has 1 amide bonds. The molecule has 0 bridgehead atoms. The average molecular weight is 377 g/mol. The molecule has 144 valence electrons. The molecule has 0 spiro atoms. The molecule has 3 heterocycles. The second-order valence-electron chi connectivity index (χ2n) is 6.82. The van der Waals surface area contributed by atoms with Crippen LogP contribution in [0.4, 0.5) is 11.4 Å². The van der Waals surface area contributed by atoms with E-state index in [0.717, 1.165) is 42.0 Å². The van der Waals surface area contributed by atoms with E-state index in [1.165, 1.54) is 0 Å². The fourth-order valence-corrected chi connectivity index (χ4v) is 3.49. The Balaban J connectivity index is 1.42. The van der Waals surface area contributed by atoms with Crippen molar-refractivity contribution in [3.05, 3.63) is 48.9 Å². The minimum Gasteiger partial charge on any atom is -0.494 e. The van der Waals surface area contributed by atoms with Crippen LogP contribution in [0.1, 0.15) is 19.8 Å². The number of piperidine rings is 1. The number of nitrogens with one attached hydrogen (secondary N) is 1. The van der Waals surface area contributed by atoms with Crippen LogP contribution in [0.5, 0.6) is 5.75 Å². The molecule has 1 aromatic carbocycles. The lowest BCUT2D eigenvalue weighted by Crippen LogP contribution is -2.40. The molecule has 7 heteroatoms. The summed E-state index contributed by atoms with van der Waals surface area (Å²) in [6.07, 6.45) is 6.94. The van der Waals surface area contributed by atoms with Crippen molar-refractivity contribution in [1.82, 2.24) is 15.0 Å². The van der Waals surface area contributed by atoms with Crippen LogP contribution in [0.3, 0.4) is 0 Å². The highest BCUT2D eigenvalue weighted by molar-refractivity contribution is 5.93. The predicted octanol–water partition coefficient (Wildman–Crippen LogP) is 3.28. The van der Waals surface area contributed by atoms with Crippen molar-refractivity contribution < 1.29 is 9.53 Å². The number of hydrogen-bond acceptors (Lipinski definition) is 6. The summed E-state index contributed by atoms with van der Waals surface area (Å²) in [6.45, 7) is 4.14.